The third-order valence-electron chi connectivity index (χ3n) is 4.61. The summed E-state index contributed by atoms with van der Waals surface area (Å²) in [6.07, 6.45) is 13.1. The second kappa shape index (κ2) is 4.11. The van der Waals surface area contributed by atoms with Gasteiger partial charge < -0.3 is 4.42 Å². The molecule has 0 N–H and O–H groups in total. The van der Waals surface area contributed by atoms with Crippen LogP contribution >= 0.6 is 0 Å². The molecule has 1 nitrogen and oxygen atoms in total. The first-order valence-electron chi connectivity index (χ1n) is 7.38. The molecule has 2 aromatic rings. The van der Waals surface area contributed by atoms with Crippen molar-refractivity contribution >= 4 is 23.1 Å². The fraction of sp³-hybridized carbons (Fsp3) is 0.200. The Balaban J connectivity index is 2.10. The Bertz CT molecular complexity index is 867. The fourth-order valence-electron chi connectivity index (χ4n) is 3.15. The van der Waals surface area contributed by atoms with Gasteiger partial charge in [-0.05, 0) is 41.9 Å². The molecule has 0 amide bonds. The predicted octanol–water partition coefficient (Wildman–Crippen LogP) is 5.67. The van der Waals surface area contributed by atoms with E-state index < -0.39 is 0 Å². The summed E-state index contributed by atoms with van der Waals surface area (Å²) in [7, 11) is 0. The molecule has 1 heterocycles. The normalized spacial score (nSPS) is 18.8. The maximum Gasteiger partial charge on any atom is 0.135 e. The molecule has 0 fully saturated rings. The third kappa shape index (κ3) is 1.77. The number of hydrogen-bond donors (Lipinski definition) is 0. The molecule has 0 saturated carbocycles. The monoisotopic (exact) mass is 274 g/mol. The maximum atomic E-state index is 6.11. The Labute approximate surface area is 125 Å². The van der Waals surface area contributed by atoms with Gasteiger partial charge in [0.2, 0.25) is 0 Å². The molecule has 1 aromatic carbocycles. The highest BCUT2D eigenvalue weighted by atomic mass is 16.3. The Morgan fingerprint density at radius 2 is 1.67 bits per heavy atom. The Morgan fingerprint density at radius 1 is 0.952 bits per heavy atom. The molecule has 1 heteroatoms. The first-order chi connectivity index (χ1) is 10.1. The Kier molecular flexibility index (Phi) is 2.44. The van der Waals surface area contributed by atoms with Crippen molar-refractivity contribution in [1.29, 1.82) is 0 Å². The molecule has 2 aliphatic rings. The average Bonchev–Trinajstić information content (AvgIpc) is 2.65. The number of allylic oxidation sites excluding steroid dienone is 6. The molecule has 2 aliphatic carbocycles. The SMILES string of the molecule is Cc1ccc2c3c(oc2c1)C=C1C=CC=CC(=C3)C1(C)C. The summed E-state index contributed by atoms with van der Waals surface area (Å²) in [5, 5.41) is 1.19. The highest BCUT2D eigenvalue weighted by molar-refractivity contribution is 5.93. The molecular weight excluding hydrogens is 256 g/mol. The van der Waals surface area contributed by atoms with Crippen molar-refractivity contribution in [2.24, 2.45) is 5.41 Å². The van der Waals surface area contributed by atoms with E-state index in [9.17, 15) is 0 Å². The van der Waals surface area contributed by atoms with Crippen molar-refractivity contribution in [3.63, 3.8) is 0 Å². The zero-order valence-corrected chi connectivity index (χ0v) is 12.6. The molecule has 4 rings (SSSR count). The highest BCUT2D eigenvalue weighted by Gasteiger charge is 2.30. The number of rotatable bonds is 0. The van der Waals surface area contributed by atoms with Gasteiger partial charge in [-0.1, -0.05) is 50.3 Å². The molecule has 0 spiro atoms. The molecule has 0 atom stereocenters. The highest BCUT2D eigenvalue weighted by Crippen LogP contribution is 2.44. The van der Waals surface area contributed by atoms with Crippen LogP contribution in [0.4, 0.5) is 0 Å². The summed E-state index contributed by atoms with van der Waals surface area (Å²) in [5.74, 6) is 0.966. The van der Waals surface area contributed by atoms with Crippen molar-refractivity contribution in [3.8, 4) is 0 Å². The van der Waals surface area contributed by atoms with E-state index in [0.29, 0.717) is 0 Å². The number of fused-ring (bicyclic) bond motifs is 5. The lowest BCUT2D eigenvalue weighted by Gasteiger charge is -2.26. The minimum absolute atomic E-state index is 0.00204. The lowest BCUT2D eigenvalue weighted by molar-refractivity contribution is 0.571. The van der Waals surface area contributed by atoms with Gasteiger partial charge in [0.05, 0.1) is 0 Å². The van der Waals surface area contributed by atoms with E-state index in [2.05, 4.69) is 75.4 Å². The Morgan fingerprint density at radius 3 is 2.43 bits per heavy atom. The standard InChI is InChI=1S/C20H18O/c1-13-8-9-16-17-11-14-6-4-5-7-15(20(14,2)3)12-19(17)21-18(16)10-13/h4-12H,1-3H3. The zero-order chi connectivity index (χ0) is 14.6. The third-order valence-corrected chi connectivity index (χ3v) is 4.61. The van der Waals surface area contributed by atoms with E-state index in [1.54, 1.807) is 0 Å². The maximum absolute atomic E-state index is 6.11. The van der Waals surface area contributed by atoms with Crippen molar-refractivity contribution in [3.05, 3.63) is 70.5 Å². The smallest absolute Gasteiger partial charge is 0.135 e. The van der Waals surface area contributed by atoms with Gasteiger partial charge in [-0.25, -0.2) is 0 Å². The van der Waals surface area contributed by atoms with Gasteiger partial charge in [0.1, 0.15) is 11.3 Å². The van der Waals surface area contributed by atoms with Crippen LogP contribution < -0.4 is 0 Å². The van der Waals surface area contributed by atoms with Gasteiger partial charge in [-0.15, -0.1) is 0 Å². The minimum Gasteiger partial charge on any atom is -0.456 e. The van der Waals surface area contributed by atoms with Gasteiger partial charge >= 0.3 is 0 Å². The summed E-state index contributed by atoms with van der Waals surface area (Å²) < 4.78 is 6.11. The predicted molar refractivity (Wildman–Crippen MR) is 89.0 cm³/mol. The van der Waals surface area contributed by atoms with Crippen LogP contribution in [-0.4, -0.2) is 0 Å². The quantitative estimate of drug-likeness (QED) is 0.603. The van der Waals surface area contributed by atoms with Gasteiger partial charge in [-0.2, -0.15) is 0 Å². The Hall–Kier alpha value is -2.28. The second-order valence-electron chi connectivity index (χ2n) is 6.42. The van der Waals surface area contributed by atoms with Gasteiger partial charge in [-0.3, -0.25) is 0 Å². The van der Waals surface area contributed by atoms with Crippen LogP contribution in [0.2, 0.25) is 0 Å². The van der Waals surface area contributed by atoms with E-state index in [4.69, 9.17) is 4.42 Å². The topological polar surface area (TPSA) is 13.1 Å². The molecule has 0 aliphatic heterocycles. The first kappa shape index (κ1) is 12.5. The molecular formula is C20H18O. The van der Waals surface area contributed by atoms with Gasteiger partial charge in [0.15, 0.2) is 0 Å². The molecule has 21 heavy (non-hydrogen) atoms. The van der Waals surface area contributed by atoms with Gasteiger partial charge in [0, 0.05) is 16.4 Å². The lowest BCUT2D eigenvalue weighted by atomic mass is 9.78. The lowest BCUT2D eigenvalue weighted by Crippen LogP contribution is -2.14. The van der Waals surface area contributed by atoms with Crippen LogP contribution in [0.1, 0.15) is 30.7 Å². The molecule has 0 saturated heterocycles. The number of aryl methyl sites for hydroxylation is 1. The molecule has 2 bridgehead atoms. The largest absolute Gasteiger partial charge is 0.456 e. The van der Waals surface area contributed by atoms with E-state index in [1.807, 2.05) is 0 Å². The van der Waals surface area contributed by atoms with E-state index in [1.165, 1.54) is 27.7 Å². The summed E-state index contributed by atoms with van der Waals surface area (Å²) >= 11 is 0. The number of benzene rings is 1. The molecule has 0 unspecified atom stereocenters. The van der Waals surface area contributed by atoms with Crippen molar-refractivity contribution in [2.45, 2.75) is 20.8 Å². The number of hydrogen-bond acceptors (Lipinski definition) is 1. The summed E-state index contributed by atoms with van der Waals surface area (Å²) in [6, 6.07) is 6.42. The summed E-state index contributed by atoms with van der Waals surface area (Å²) in [4.78, 5) is 0. The van der Waals surface area contributed by atoms with Crippen molar-refractivity contribution in [1.82, 2.24) is 0 Å². The van der Waals surface area contributed by atoms with Crippen LogP contribution in [0, 0.1) is 12.3 Å². The van der Waals surface area contributed by atoms with Crippen molar-refractivity contribution in [2.75, 3.05) is 0 Å². The summed E-state index contributed by atoms with van der Waals surface area (Å²) in [5.41, 5.74) is 6.00. The van der Waals surface area contributed by atoms with Crippen LogP contribution in [0.3, 0.4) is 0 Å². The van der Waals surface area contributed by atoms with Crippen LogP contribution in [0.25, 0.3) is 23.1 Å². The average molecular weight is 274 g/mol. The molecule has 1 aromatic heterocycles. The van der Waals surface area contributed by atoms with Crippen LogP contribution in [0.15, 0.2) is 58.1 Å². The second-order valence-corrected chi connectivity index (χ2v) is 6.42. The van der Waals surface area contributed by atoms with E-state index in [-0.39, 0.29) is 5.41 Å². The number of furan rings is 1. The molecule has 104 valence electrons. The van der Waals surface area contributed by atoms with Crippen LogP contribution in [-0.2, 0) is 0 Å². The fourth-order valence-corrected chi connectivity index (χ4v) is 3.15. The zero-order valence-electron chi connectivity index (χ0n) is 12.6. The summed E-state index contributed by atoms with van der Waals surface area (Å²) in [6.45, 7) is 6.63. The minimum atomic E-state index is 0.00204. The van der Waals surface area contributed by atoms with Gasteiger partial charge in [0.25, 0.3) is 0 Å². The van der Waals surface area contributed by atoms with E-state index >= 15 is 0 Å². The van der Waals surface area contributed by atoms with Crippen LogP contribution in [0.5, 0.6) is 0 Å². The van der Waals surface area contributed by atoms with E-state index in [0.717, 1.165) is 11.3 Å². The van der Waals surface area contributed by atoms with Crippen molar-refractivity contribution < 1.29 is 4.42 Å². The first-order valence-corrected chi connectivity index (χ1v) is 7.38. The molecule has 0 radical (unpaired) electrons.